The number of rotatable bonds is 7. The maximum Gasteiger partial charge on any atom is 0.330 e. The Hall–Kier alpha value is -2.28. The number of nitrogens with zero attached hydrogens (tertiary/aromatic N) is 1. The molecule has 0 saturated heterocycles. The van der Waals surface area contributed by atoms with Crippen LogP contribution in [-0.4, -0.2) is 19.2 Å². The molecule has 0 radical (unpaired) electrons. The van der Waals surface area contributed by atoms with Crippen molar-refractivity contribution in [2.45, 2.75) is 26.7 Å². The maximum absolute atomic E-state index is 11.4. The molecule has 0 spiro atoms. The van der Waals surface area contributed by atoms with E-state index in [0.717, 1.165) is 24.0 Å². The number of aryl methyl sites for hydroxylation is 1. The number of unbranched alkanes of at least 4 members (excludes halogenated alkanes) is 1. The van der Waals surface area contributed by atoms with Crippen molar-refractivity contribution in [3.05, 3.63) is 35.4 Å². The van der Waals surface area contributed by atoms with Crippen LogP contribution in [0.1, 0.15) is 30.9 Å². The molecule has 0 unspecified atom stereocenters. The molecule has 0 aliphatic rings. The van der Waals surface area contributed by atoms with Gasteiger partial charge in [0.15, 0.2) is 6.61 Å². The lowest BCUT2D eigenvalue weighted by Crippen LogP contribution is -2.01. The number of hydrogen-bond donors (Lipinski definition) is 0. The van der Waals surface area contributed by atoms with E-state index in [1.54, 1.807) is 12.1 Å². The predicted octanol–water partition coefficient (Wildman–Crippen LogP) is 3.25. The van der Waals surface area contributed by atoms with Crippen molar-refractivity contribution in [2.24, 2.45) is 0 Å². The summed E-state index contributed by atoms with van der Waals surface area (Å²) in [5.41, 5.74) is 1.81. The summed E-state index contributed by atoms with van der Waals surface area (Å²) < 4.78 is 10.3. The second-order valence-corrected chi connectivity index (χ2v) is 4.33. The molecule has 0 aliphatic heterocycles. The first kappa shape index (κ1) is 15.8. The van der Waals surface area contributed by atoms with Gasteiger partial charge >= 0.3 is 5.97 Å². The molecule has 0 N–H and O–H groups in total. The van der Waals surface area contributed by atoms with Gasteiger partial charge in [0.05, 0.1) is 6.61 Å². The van der Waals surface area contributed by atoms with Crippen molar-refractivity contribution in [1.29, 1.82) is 5.26 Å². The zero-order chi connectivity index (χ0) is 14.8. The number of nitriles is 1. The van der Waals surface area contributed by atoms with Gasteiger partial charge in [-0.05, 0) is 42.7 Å². The van der Waals surface area contributed by atoms with Crippen LogP contribution in [0.15, 0.2) is 24.3 Å². The summed E-state index contributed by atoms with van der Waals surface area (Å²) in [6.07, 6.45) is 5.00. The van der Waals surface area contributed by atoms with Crippen molar-refractivity contribution in [3.63, 3.8) is 0 Å². The van der Waals surface area contributed by atoms with E-state index in [1.165, 1.54) is 6.08 Å². The minimum absolute atomic E-state index is 0.0276. The van der Waals surface area contributed by atoms with Crippen molar-refractivity contribution >= 4 is 12.0 Å². The minimum atomic E-state index is -0.332. The number of esters is 1. The van der Waals surface area contributed by atoms with E-state index in [0.29, 0.717) is 12.4 Å². The smallest absolute Gasteiger partial charge is 0.330 e. The molecule has 20 heavy (non-hydrogen) atoms. The Morgan fingerprint density at radius 1 is 1.45 bits per heavy atom. The van der Waals surface area contributed by atoms with Crippen molar-refractivity contribution in [1.82, 2.24) is 0 Å². The van der Waals surface area contributed by atoms with Gasteiger partial charge in [-0.2, -0.15) is 5.26 Å². The average molecular weight is 273 g/mol. The van der Waals surface area contributed by atoms with Gasteiger partial charge < -0.3 is 9.47 Å². The van der Waals surface area contributed by atoms with E-state index in [4.69, 9.17) is 14.7 Å². The highest BCUT2D eigenvalue weighted by molar-refractivity contribution is 5.87. The van der Waals surface area contributed by atoms with E-state index in [9.17, 15) is 4.79 Å². The van der Waals surface area contributed by atoms with E-state index < -0.39 is 0 Å². The second-order valence-electron chi connectivity index (χ2n) is 4.33. The highest BCUT2D eigenvalue weighted by atomic mass is 16.5. The summed E-state index contributed by atoms with van der Waals surface area (Å²) in [4.78, 5) is 11.4. The summed E-state index contributed by atoms with van der Waals surface area (Å²) in [6, 6.07) is 7.43. The Bertz CT molecular complexity index is 515. The molecule has 1 aromatic rings. The largest absolute Gasteiger partial charge is 0.478 e. The van der Waals surface area contributed by atoms with Gasteiger partial charge in [0, 0.05) is 6.08 Å². The second kappa shape index (κ2) is 8.76. The quantitative estimate of drug-likeness (QED) is 0.434. The molecule has 4 heteroatoms. The topological polar surface area (TPSA) is 59.3 Å². The fourth-order valence-corrected chi connectivity index (χ4v) is 1.58. The van der Waals surface area contributed by atoms with Crippen LogP contribution in [0, 0.1) is 18.3 Å². The van der Waals surface area contributed by atoms with Crippen LogP contribution >= 0.6 is 0 Å². The third-order valence-corrected chi connectivity index (χ3v) is 2.65. The molecule has 0 atom stereocenters. The van der Waals surface area contributed by atoms with Gasteiger partial charge in [-0.3, -0.25) is 0 Å². The molecular formula is C16H19NO3. The zero-order valence-corrected chi connectivity index (χ0v) is 11.9. The summed E-state index contributed by atoms with van der Waals surface area (Å²) in [7, 11) is 0. The molecule has 0 heterocycles. The van der Waals surface area contributed by atoms with Gasteiger partial charge in [0.1, 0.15) is 11.8 Å². The number of hydrogen-bond acceptors (Lipinski definition) is 4. The third kappa shape index (κ3) is 5.57. The van der Waals surface area contributed by atoms with Gasteiger partial charge in [-0.25, -0.2) is 4.79 Å². The average Bonchev–Trinajstić information content (AvgIpc) is 2.44. The third-order valence-electron chi connectivity index (χ3n) is 2.65. The Morgan fingerprint density at radius 2 is 2.25 bits per heavy atom. The SMILES string of the molecule is CCCCOC(=O)/C=C/c1ccc(OCC#N)c(C)c1. The van der Waals surface area contributed by atoms with Gasteiger partial charge in [0.25, 0.3) is 0 Å². The molecule has 0 aromatic heterocycles. The fraction of sp³-hybridized carbons (Fsp3) is 0.375. The lowest BCUT2D eigenvalue weighted by Gasteiger charge is -2.06. The molecule has 0 aliphatic carbocycles. The number of benzene rings is 1. The predicted molar refractivity (Wildman–Crippen MR) is 77.2 cm³/mol. The summed E-state index contributed by atoms with van der Waals surface area (Å²) in [6.45, 7) is 4.42. The van der Waals surface area contributed by atoms with Crippen molar-refractivity contribution < 1.29 is 14.3 Å². The molecule has 0 amide bonds. The lowest BCUT2D eigenvalue weighted by atomic mass is 10.1. The Morgan fingerprint density at radius 3 is 2.90 bits per heavy atom. The van der Waals surface area contributed by atoms with Crippen LogP contribution in [0.5, 0.6) is 5.75 Å². The Kier molecular flexibility index (Phi) is 6.91. The van der Waals surface area contributed by atoms with Crippen LogP contribution < -0.4 is 4.74 Å². The molecule has 0 bridgehead atoms. The van der Waals surface area contributed by atoms with Crippen LogP contribution in [0.4, 0.5) is 0 Å². The van der Waals surface area contributed by atoms with Gasteiger partial charge in [-0.15, -0.1) is 0 Å². The summed E-state index contributed by atoms with van der Waals surface area (Å²) >= 11 is 0. The molecule has 0 fully saturated rings. The first-order valence-corrected chi connectivity index (χ1v) is 6.62. The highest BCUT2D eigenvalue weighted by Gasteiger charge is 2.01. The van der Waals surface area contributed by atoms with Crippen LogP contribution in [-0.2, 0) is 9.53 Å². The van der Waals surface area contributed by atoms with Gasteiger partial charge in [-0.1, -0.05) is 19.4 Å². The van der Waals surface area contributed by atoms with Crippen LogP contribution in [0.25, 0.3) is 6.08 Å². The Labute approximate surface area is 119 Å². The monoisotopic (exact) mass is 273 g/mol. The first-order chi connectivity index (χ1) is 9.67. The van der Waals surface area contributed by atoms with Gasteiger partial charge in [0.2, 0.25) is 0 Å². The van der Waals surface area contributed by atoms with E-state index >= 15 is 0 Å². The van der Waals surface area contributed by atoms with E-state index in [-0.39, 0.29) is 12.6 Å². The van der Waals surface area contributed by atoms with Crippen LogP contribution in [0.2, 0.25) is 0 Å². The summed E-state index contributed by atoms with van der Waals surface area (Å²) in [5.74, 6) is 0.343. The number of carbonyl (C=O) groups excluding carboxylic acids is 1. The summed E-state index contributed by atoms with van der Waals surface area (Å²) in [5, 5.41) is 8.47. The molecule has 1 aromatic carbocycles. The van der Waals surface area contributed by atoms with E-state index in [1.807, 2.05) is 32.0 Å². The lowest BCUT2D eigenvalue weighted by molar-refractivity contribution is -0.137. The fourth-order valence-electron chi connectivity index (χ4n) is 1.58. The first-order valence-electron chi connectivity index (χ1n) is 6.62. The normalized spacial score (nSPS) is 10.2. The molecular weight excluding hydrogens is 254 g/mol. The van der Waals surface area contributed by atoms with E-state index in [2.05, 4.69) is 0 Å². The number of carbonyl (C=O) groups is 1. The van der Waals surface area contributed by atoms with Crippen molar-refractivity contribution in [2.75, 3.05) is 13.2 Å². The zero-order valence-electron chi connectivity index (χ0n) is 11.9. The molecule has 1 rings (SSSR count). The number of ether oxygens (including phenoxy) is 2. The van der Waals surface area contributed by atoms with Crippen LogP contribution in [0.3, 0.4) is 0 Å². The Balaban J connectivity index is 2.58. The molecule has 106 valence electrons. The maximum atomic E-state index is 11.4. The standard InChI is InChI=1S/C16H19NO3/c1-3-4-10-20-16(18)8-6-14-5-7-15(13(2)12-14)19-11-9-17/h5-8,12H,3-4,10-11H2,1-2H3/b8-6+. The highest BCUT2D eigenvalue weighted by Crippen LogP contribution is 2.19. The minimum Gasteiger partial charge on any atom is -0.478 e. The molecule has 4 nitrogen and oxygen atoms in total. The van der Waals surface area contributed by atoms with Crippen molar-refractivity contribution in [3.8, 4) is 11.8 Å². The molecule has 0 saturated carbocycles.